The number of ether oxygens (including phenoxy) is 1. The van der Waals surface area contributed by atoms with E-state index in [2.05, 4.69) is 21.1 Å². The van der Waals surface area contributed by atoms with E-state index in [4.69, 9.17) is 4.74 Å². The Morgan fingerprint density at radius 1 is 1.09 bits per heavy atom. The molecule has 0 amide bonds. The standard InChI is InChI=1S/C19H32NO2/c1-20(2,3)15-14-19(21,16-8-6-5-7-9-16)17-10-12-18(22-4)13-11-17/h10-13,16,21H,5-9,14-15H2,1-4H3/q+1. The molecule has 3 heteroatoms. The zero-order chi connectivity index (χ0) is 16.2. The first kappa shape index (κ1) is 17.3. The van der Waals surface area contributed by atoms with E-state index < -0.39 is 5.60 Å². The van der Waals surface area contributed by atoms with Crippen molar-refractivity contribution in [3.05, 3.63) is 29.8 Å². The van der Waals surface area contributed by atoms with Crippen molar-refractivity contribution in [2.75, 3.05) is 34.8 Å². The Bertz CT molecular complexity index is 457. The largest absolute Gasteiger partial charge is 0.497 e. The molecule has 22 heavy (non-hydrogen) atoms. The van der Waals surface area contributed by atoms with Crippen LogP contribution in [0.3, 0.4) is 0 Å². The number of aliphatic hydroxyl groups is 1. The molecule has 0 saturated heterocycles. The number of hydrogen-bond acceptors (Lipinski definition) is 2. The lowest BCUT2D eigenvalue weighted by Gasteiger charge is -2.40. The van der Waals surface area contributed by atoms with Crippen molar-refractivity contribution in [3.63, 3.8) is 0 Å². The van der Waals surface area contributed by atoms with Crippen LogP contribution in [0.5, 0.6) is 5.75 Å². The van der Waals surface area contributed by atoms with Crippen LogP contribution in [0.1, 0.15) is 44.1 Å². The molecular weight excluding hydrogens is 274 g/mol. The first-order chi connectivity index (χ1) is 10.3. The predicted molar refractivity (Wildman–Crippen MR) is 91.0 cm³/mol. The van der Waals surface area contributed by atoms with Crippen LogP contribution >= 0.6 is 0 Å². The van der Waals surface area contributed by atoms with Crippen molar-refractivity contribution < 1.29 is 14.3 Å². The highest BCUT2D eigenvalue weighted by atomic mass is 16.5. The van der Waals surface area contributed by atoms with E-state index >= 15 is 0 Å². The van der Waals surface area contributed by atoms with Crippen molar-refractivity contribution in [1.82, 2.24) is 0 Å². The van der Waals surface area contributed by atoms with Gasteiger partial charge in [0.2, 0.25) is 0 Å². The Kier molecular flexibility index (Phi) is 5.51. The van der Waals surface area contributed by atoms with Crippen LogP contribution in [-0.4, -0.2) is 44.4 Å². The Balaban J connectivity index is 2.25. The molecule has 2 rings (SSSR count). The topological polar surface area (TPSA) is 29.5 Å². The van der Waals surface area contributed by atoms with Crippen molar-refractivity contribution >= 4 is 0 Å². The third kappa shape index (κ3) is 4.23. The second-order valence-corrected chi connectivity index (χ2v) is 7.75. The molecule has 1 aliphatic carbocycles. The van der Waals surface area contributed by atoms with Gasteiger partial charge in [0.05, 0.1) is 40.4 Å². The molecule has 1 aromatic carbocycles. The Morgan fingerprint density at radius 2 is 1.68 bits per heavy atom. The van der Waals surface area contributed by atoms with Gasteiger partial charge in [-0.15, -0.1) is 0 Å². The molecule has 1 aliphatic rings. The number of nitrogens with zero attached hydrogens (tertiary/aromatic N) is 1. The minimum Gasteiger partial charge on any atom is -0.497 e. The van der Waals surface area contributed by atoms with Crippen LogP contribution in [0.2, 0.25) is 0 Å². The monoisotopic (exact) mass is 306 g/mol. The summed E-state index contributed by atoms with van der Waals surface area (Å²) in [6.45, 7) is 0.971. The number of quaternary nitrogens is 1. The van der Waals surface area contributed by atoms with Gasteiger partial charge >= 0.3 is 0 Å². The van der Waals surface area contributed by atoms with E-state index in [-0.39, 0.29) is 0 Å². The summed E-state index contributed by atoms with van der Waals surface area (Å²) in [4.78, 5) is 0. The molecule has 0 aromatic heterocycles. The van der Waals surface area contributed by atoms with Crippen molar-refractivity contribution in [2.24, 2.45) is 5.92 Å². The van der Waals surface area contributed by atoms with Crippen LogP contribution in [0.15, 0.2) is 24.3 Å². The number of methoxy groups -OCH3 is 1. The third-order valence-electron chi connectivity index (χ3n) is 5.03. The number of benzene rings is 1. The highest BCUT2D eigenvalue weighted by Crippen LogP contribution is 2.42. The zero-order valence-electron chi connectivity index (χ0n) is 14.6. The molecule has 1 N–H and O–H groups in total. The third-order valence-corrected chi connectivity index (χ3v) is 5.03. The van der Waals surface area contributed by atoms with Crippen LogP contribution in [0, 0.1) is 5.92 Å². The molecule has 124 valence electrons. The summed E-state index contributed by atoms with van der Waals surface area (Å²) in [6, 6.07) is 8.02. The van der Waals surface area contributed by atoms with Gasteiger partial charge in [0, 0.05) is 6.42 Å². The highest BCUT2D eigenvalue weighted by Gasteiger charge is 2.39. The fourth-order valence-electron chi connectivity index (χ4n) is 3.55. The minimum absolute atomic E-state index is 0.376. The second kappa shape index (κ2) is 7.01. The van der Waals surface area contributed by atoms with Crippen molar-refractivity contribution in [3.8, 4) is 5.75 Å². The van der Waals surface area contributed by atoms with Crippen molar-refractivity contribution in [2.45, 2.75) is 44.1 Å². The highest BCUT2D eigenvalue weighted by molar-refractivity contribution is 5.31. The van der Waals surface area contributed by atoms with Crippen LogP contribution in [-0.2, 0) is 5.60 Å². The number of rotatable bonds is 6. The minimum atomic E-state index is -0.710. The van der Waals surface area contributed by atoms with Gasteiger partial charge in [-0.2, -0.15) is 0 Å². The molecule has 0 radical (unpaired) electrons. The predicted octanol–water partition coefficient (Wildman–Crippen LogP) is 3.56. The first-order valence-electron chi connectivity index (χ1n) is 8.52. The fraction of sp³-hybridized carbons (Fsp3) is 0.684. The van der Waals surface area contributed by atoms with Gasteiger partial charge in [0.15, 0.2) is 0 Å². The smallest absolute Gasteiger partial charge is 0.118 e. The molecular formula is C19H32NO2+. The summed E-state index contributed by atoms with van der Waals surface area (Å²) in [5, 5.41) is 11.6. The summed E-state index contributed by atoms with van der Waals surface area (Å²) in [6.07, 6.45) is 6.89. The van der Waals surface area contributed by atoms with Crippen LogP contribution in [0.25, 0.3) is 0 Å². The molecule has 3 nitrogen and oxygen atoms in total. The summed E-state index contributed by atoms with van der Waals surface area (Å²) in [7, 11) is 8.25. The van der Waals surface area contributed by atoms with Gasteiger partial charge in [-0.25, -0.2) is 0 Å². The summed E-state index contributed by atoms with van der Waals surface area (Å²) in [5.74, 6) is 1.22. The molecule has 0 bridgehead atoms. The maximum absolute atomic E-state index is 11.6. The normalized spacial score (nSPS) is 19.7. The Labute approximate surface area is 135 Å². The Hall–Kier alpha value is -1.06. The fourth-order valence-corrected chi connectivity index (χ4v) is 3.55. The first-order valence-corrected chi connectivity index (χ1v) is 8.52. The molecule has 1 fully saturated rings. The van der Waals surface area contributed by atoms with Gasteiger partial charge < -0.3 is 14.3 Å². The second-order valence-electron chi connectivity index (χ2n) is 7.75. The van der Waals surface area contributed by atoms with Crippen molar-refractivity contribution in [1.29, 1.82) is 0 Å². The lowest BCUT2D eigenvalue weighted by molar-refractivity contribution is -0.871. The maximum atomic E-state index is 11.6. The molecule has 1 atom stereocenters. The van der Waals surface area contributed by atoms with E-state index in [0.717, 1.165) is 41.6 Å². The van der Waals surface area contributed by atoms with Gasteiger partial charge in [-0.1, -0.05) is 31.4 Å². The Morgan fingerprint density at radius 3 is 2.18 bits per heavy atom. The number of hydrogen-bond donors (Lipinski definition) is 1. The van der Waals surface area contributed by atoms with Gasteiger partial charge in [-0.05, 0) is 36.5 Å². The average Bonchev–Trinajstić information content (AvgIpc) is 2.53. The van der Waals surface area contributed by atoms with Crippen LogP contribution in [0.4, 0.5) is 0 Å². The molecule has 1 unspecified atom stereocenters. The molecule has 0 spiro atoms. The SMILES string of the molecule is COc1ccc(C(O)(CC[N+](C)(C)C)C2CCCCC2)cc1. The molecule has 1 saturated carbocycles. The maximum Gasteiger partial charge on any atom is 0.118 e. The van der Waals surface area contributed by atoms with E-state index in [9.17, 15) is 5.11 Å². The average molecular weight is 306 g/mol. The van der Waals surface area contributed by atoms with Gasteiger partial charge in [-0.3, -0.25) is 0 Å². The summed E-state index contributed by atoms with van der Waals surface area (Å²) in [5.41, 5.74) is 0.340. The van der Waals surface area contributed by atoms with E-state index in [1.165, 1.54) is 19.3 Å². The van der Waals surface area contributed by atoms with Crippen LogP contribution < -0.4 is 4.74 Å². The van der Waals surface area contributed by atoms with E-state index in [1.807, 2.05) is 24.3 Å². The lowest BCUT2D eigenvalue weighted by atomic mass is 9.71. The summed E-state index contributed by atoms with van der Waals surface area (Å²) < 4.78 is 6.14. The zero-order valence-corrected chi connectivity index (χ0v) is 14.6. The van der Waals surface area contributed by atoms with Gasteiger partial charge in [0.1, 0.15) is 5.75 Å². The lowest BCUT2D eigenvalue weighted by Crippen LogP contribution is -2.43. The van der Waals surface area contributed by atoms with Gasteiger partial charge in [0.25, 0.3) is 0 Å². The van der Waals surface area contributed by atoms with E-state index in [0.29, 0.717) is 5.92 Å². The van der Waals surface area contributed by atoms with E-state index in [1.54, 1.807) is 7.11 Å². The molecule has 0 heterocycles. The molecule has 1 aromatic rings. The molecule has 0 aliphatic heterocycles. The summed E-state index contributed by atoms with van der Waals surface area (Å²) >= 11 is 0. The quantitative estimate of drug-likeness (QED) is 0.814.